The molecule has 2 heterocycles. The minimum atomic E-state index is -0.875. The smallest absolute Gasteiger partial charge is 0.407 e. The monoisotopic (exact) mass is 463 g/mol. The van der Waals surface area contributed by atoms with Crippen LogP contribution in [0.2, 0.25) is 0 Å². The van der Waals surface area contributed by atoms with Crippen LogP contribution in [0.3, 0.4) is 0 Å². The number of hydrogen-bond acceptors (Lipinski definition) is 5. The number of aromatic nitrogens is 2. The third-order valence-corrected chi connectivity index (χ3v) is 5.99. The Hall–Kier alpha value is -3.85. The number of piperazine rings is 1. The third-order valence-electron chi connectivity index (χ3n) is 5.99. The predicted molar refractivity (Wildman–Crippen MR) is 126 cm³/mol. The molecule has 9 heteroatoms. The highest BCUT2D eigenvalue weighted by Gasteiger charge is 2.27. The van der Waals surface area contributed by atoms with Crippen LogP contribution in [0, 0.1) is 5.82 Å². The summed E-state index contributed by atoms with van der Waals surface area (Å²) >= 11 is 0. The second-order valence-electron chi connectivity index (χ2n) is 8.39. The van der Waals surface area contributed by atoms with E-state index in [9.17, 15) is 19.1 Å². The molecule has 0 radical (unpaired) electrons. The van der Waals surface area contributed by atoms with Crippen molar-refractivity contribution in [2.24, 2.45) is 0 Å². The van der Waals surface area contributed by atoms with Crippen molar-refractivity contribution in [3.05, 3.63) is 77.9 Å². The van der Waals surface area contributed by atoms with Crippen molar-refractivity contribution in [2.75, 3.05) is 31.6 Å². The lowest BCUT2D eigenvalue weighted by atomic mass is 10.1. The Bertz CT molecular complexity index is 1150. The summed E-state index contributed by atoms with van der Waals surface area (Å²) in [6.45, 7) is 4.49. The molecular formula is C25H26FN5O3. The van der Waals surface area contributed by atoms with E-state index < -0.39 is 6.09 Å². The standard InChI is InChI=1S/C25H26FN5O3/c1-17-15-30(11-12-31(17)25(33)34)16-18-3-9-22(10-4-18)29(2)24(32)20-13-27-23(28-14-20)19-5-7-21(26)8-6-19/h3-10,13-14,17H,11-12,15-16H2,1-2H3,(H,33,34)/t17-/m0/s1. The molecular weight excluding hydrogens is 437 g/mol. The summed E-state index contributed by atoms with van der Waals surface area (Å²) in [5.74, 6) is -0.155. The zero-order chi connectivity index (χ0) is 24.2. The first-order valence-electron chi connectivity index (χ1n) is 11.0. The quantitative estimate of drug-likeness (QED) is 0.620. The van der Waals surface area contributed by atoms with E-state index in [0.717, 1.165) is 11.3 Å². The fraction of sp³-hybridized carbons (Fsp3) is 0.280. The lowest BCUT2D eigenvalue weighted by Crippen LogP contribution is -2.53. The number of anilines is 1. The van der Waals surface area contributed by atoms with Gasteiger partial charge in [-0.25, -0.2) is 19.2 Å². The van der Waals surface area contributed by atoms with Gasteiger partial charge in [-0.15, -0.1) is 0 Å². The Labute approximate surface area is 197 Å². The van der Waals surface area contributed by atoms with E-state index in [1.54, 1.807) is 19.2 Å². The maximum absolute atomic E-state index is 13.1. The number of amides is 2. The maximum Gasteiger partial charge on any atom is 0.407 e. The van der Waals surface area contributed by atoms with Gasteiger partial charge in [-0.1, -0.05) is 12.1 Å². The van der Waals surface area contributed by atoms with Crippen molar-refractivity contribution in [1.29, 1.82) is 0 Å². The molecule has 3 aromatic rings. The van der Waals surface area contributed by atoms with Gasteiger partial charge >= 0.3 is 6.09 Å². The van der Waals surface area contributed by atoms with Gasteiger partial charge in [0.15, 0.2) is 5.82 Å². The van der Waals surface area contributed by atoms with Gasteiger partial charge in [-0.3, -0.25) is 9.69 Å². The molecule has 2 amide bonds. The summed E-state index contributed by atoms with van der Waals surface area (Å²) in [7, 11) is 1.69. The zero-order valence-corrected chi connectivity index (χ0v) is 19.1. The topological polar surface area (TPSA) is 89.9 Å². The number of carbonyl (C=O) groups is 2. The molecule has 2 aromatic carbocycles. The van der Waals surface area contributed by atoms with Gasteiger partial charge in [0.25, 0.3) is 5.91 Å². The number of hydrogen-bond donors (Lipinski definition) is 1. The number of benzene rings is 2. The number of carboxylic acid groups (broad SMARTS) is 1. The molecule has 1 N–H and O–H groups in total. The Balaban J connectivity index is 1.37. The molecule has 0 saturated carbocycles. The summed E-state index contributed by atoms with van der Waals surface area (Å²) in [6, 6.07) is 13.5. The van der Waals surface area contributed by atoms with Crippen molar-refractivity contribution in [2.45, 2.75) is 19.5 Å². The van der Waals surface area contributed by atoms with Crippen LogP contribution >= 0.6 is 0 Å². The van der Waals surface area contributed by atoms with Gasteiger partial charge in [0.2, 0.25) is 0 Å². The van der Waals surface area contributed by atoms with Gasteiger partial charge < -0.3 is 14.9 Å². The molecule has 8 nitrogen and oxygen atoms in total. The van der Waals surface area contributed by atoms with E-state index in [4.69, 9.17) is 0 Å². The molecule has 0 unspecified atom stereocenters. The summed E-state index contributed by atoms with van der Waals surface area (Å²) in [4.78, 5) is 37.9. The van der Waals surface area contributed by atoms with Gasteiger partial charge in [0.1, 0.15) is 5.82 Å². The second-order valence-corrected chi connectivity index (χ2v) is 8.39. The Morgan fingerprint density at radius 1 is 1.06 bits per heavy atom. The number of halogens is 1. The van der Waals surface area contributed by atoms with E-state index in [2.05, 4.69) is 14.9 Å². The highest BCUT2D eigenvalue weighted by atomic mass is 19.1. The molecule has 1 aliphatic heterocycles. The average Bonchev–Trinajstić information content (AvgIpc) is 2.84. The summed E-state index contributed by atoms with van der Waals surface area (Å²) in [6.07, 6.45) is 2.06. The highest BCUT2D eigenvalue weighted by molar-refractivity contribution is 6.05. The predicted octanol–water partition coefficient (Wildman–Crippen LogP) is 3.74. The minimum absolute atomic E-state index is 0.0501. The number of rotatable bonds is 5. The summed E-state index contributed by atoms with van der Waals surface area (Å²) in [5, 5.41) is 9.22. The Morgan fingerprint density at radius 2 is 1.71 bits per heavy atom. The molecule has 1 fully saturated rings. The van der Waals surface area contributed by atoms with Crippen LogP contribution in [-0.4, -0.2) is 69.6 Å². The molecule has 1 aromatic heterocycles. The number of carbonyl (C=O) groups excluding carboxylic acids is 1. The molecule has 1 atom stereocenters. The van der Waals surface area contributed by atoms with E-state index in [0.29, 0.717) is 43.1 Å². The first-order valence-corrected chi connectivity index (χ1v) is 11.0. The van der Waals surface area contributed by atoms with Crippen molar-refractivity contribution in [1.82, 2.24) is 19.8 Å². The normalized spacial score (nSPS) is 16.3. The van der Waals surface area contributed by atoms with Crippen LogP contribution in [0.1, 0.15) is 22.8 Å². The molecule has 1 aliphatic rings. The van der Waals surface area contributed by atoms with Gasteiger partial charge in [0, 0.05) is 62.9 Å². The van der Waals surface area contributed by atoms with Gasteiger partial charge in [-0.05, 0) is 48.9 Å². The molecule has 4 rings (SSSR count). The number of nitrogens with zero attached hydrogens (tertiary/aromatic N) is 5. The lowest BCUT2D eigenvalue weighted by Gasteiger charge is -2.38. The molecule has 176 valence electrons. The molecule has 0 aliphatic carbocycles. The van der Waals surface area contributed by atoms with Crippen molar-refractivity contribution in [3.8, 4) is 11.4 Å². The van der Waals surface area contributed by atoms with Crippen molar-refractivity contribution in [3.63, 3.8) is 0 Å². The molecule has 0 bridgehead atoms. The SMILES string of the molecule is C[C@H]1CN(Cc2ccc(N(C)C(=O)c3cnc(-c4ccc(F)cc4)nc3)cc2)CCN1C(=O)O. The van der Waals surface area contributed by atoms with Crippen molar-refractivity contribution >= 4 is 17.7 Å². The molecule has 34 heavy (non-hydrogen) atoms. The summed E-state index contributed by atoms with van der Waals surface area (Å²) in [5.41, 5.74) is 2.85. The van der Waals surface area contributed by atoms with E-state index in [1.165, 1.54) is 34.3 Å². The lowest BCUT2D eigenvalue weighted by molar-refractivity contribution is 0.0711. The Morgan fingerprint density at radius 3 is 2.29 bits per heavy atom. The van der Waals surface area contributed by atoms with E-state index in [-0.39, 0.29) is 17.8 Å². The fourth-order valence-corrected chi connectivity index (χ4v) is 4.04. The van der Waals surface area contributed by atoms with Crippen LogP contribution in [0.5, 0.6) is 0 Å². The van der Waals surface area contributed by atoms with Crippen LogP contribution < -0.4 is 4.90 Å². The van der Waals surface area contributed by atoms with Crippen molar-refractivity contribution < 1.29 is 19.1 Å². The van der Waals surface area contributed by atoms with E-state index in [1.807, 2.05) is 31.2 Å². The summed E-state index contributed by atoms with van der Waals surface area (Å²) < 4.78 is 13.1. The largest absolute Gasteiger partial charge is 0.465 e. The van der Waals surface area contributed by atoms with Crippen LogP contribution in [0.15, 0.2) is 60.9 Å². The van der Waals surface area contributed by atoms with Crippen LogP contribution in [-0.2, 0) is 6.54 Å². The maximum atomic E-state index is 13.1. The first kappa shape index (κ1) is 23.3. The minimum Gasteiger partial charge on any atom is -0.465 e. The second kappa shape index (κ2) is 9.96. The van der Waals surface area contributed by atoms with Crippen LogP contribution in [0.4, 0.5) is 14.9 Å². The highest BCUT2D eigenvalue weighted by Crippen LogP contribution is 2.20. The molecule has 0 spiro atoms. The fourth-order valence-electron chi connectivity index (χ4n) is 4.04. The van der Waals surface area contributed by atoms with Crippen LogP contribution in [0.25, 0.3) is 11.4 Å². The first-order chi connectivity index (χ1) is 16.3. The third kappa shape index (κ3) is 5.20. The molecule has 1 saturated heterocycles. The Kier molecular flexibility index (Phi) is 6.83. The van der Waals surface area contributed by atoms with Gasteiger partial charge in [-0.2, -0.15) is 0 Å². The van der Waals surface area contributed by atoms with E-state index >= 15 is 0 Å². The zero-order valence-electron chi connectivity index (χ0n) is 19.1. The average molecular weight is 464 g/mol. The van der Waals surface area contributed by atoms with Gasteiger partial charge in [0.05, 0.1) is 5.56 Å².